The van der Waals surface area contributed by atoms with Gasteiger partial charge in [0.2, 0.25) is 6.10 Å². The van der Waals surface area contributed by atoms with Crippen LogP contribution in [0.15, 0.2) is 59.8 Å². The van der Waals surface area contributed by atoms with Gasteiger partial charge in [-0.1, -0.05) is 53.7 Å². The molecule has 0 spiro atoms. The lowest BCUT2D eigenvalue weighted by atomic mass is 10.0. The molecule has 1 amide bonds. The first-order valence-corrected chi connectivity index (χ1v) is 9.95. The van der Waals surface area contributed by atoms with E-state index in [9.17, 15) is 4.79 Å². The van der Waals surface area contributed by atoms with Gasteiger partial charge in [-0.25, -0.2) is 0 Å². The van der Waals surface area contributed by atoms with Crippen molar-refractivity contribution in [3.8, 4) is 5.75 Å². The number of likely N-dealkylation sites (tertiary alicyclic amines) is 1. The number of hydrogen-bond donors (Lipinski definition) is 0. The average molecular weight is 378 g/mol. The smallest absolute Gasteiger partial charge is 0.267 e. The van der Waals surface area contributed by atoms with Crippen molar-refractivity contribution >= 4 is 11.6 Å². The highest BCUT2D eigenvalue weighted by molar-refractivity contribution is 5.93. The average Bonchev–Trinajstić information content (AvgIpc) is 3.42. The Bertz CT molecular complexity index is 850. The topological polar surface area (TPSA) is 51.1 Å². The normalized spacial score (nSPS) is 21.3. The summed E-state index contributed by atoms with van der Waals surface area (Å²) in [6.45, 7) is 0.751. The second-order valence-corrected chi connectivity index (χ2v) is 7.37. The minimum Gasteiger partial charge on any atom is -0.496 e. The molecule has 146 valence electrons. The minimum atomic E-state index is -0.499. The molecule has 0 aromatic heterocycles. The van der Waals surface area contributed by atoms with Crippen molar-refractivity contribution < 1.29 is 14.4 Å². The Morgan fingerprint density at radius 1 is 1.14 bits per heavy atom. The van der Waals surface area contributed by atoms with Gasteiger partial charge in [-0.15, -0.1) is 0 Å². The predicted molar refractivity (Wildman–Crippen MR) is 108 cm³/mol. The fourth-order valence-corrected chi connectivity index (χ4v) is 4.12. The molecule has 2 unspecified atom stereocenters. The van der Waals surface area contributed by atoms with Crippen molar-refractivity contribution in [3.63, 3.8) is 0 Å². The summed E-state index contributed by atoms with van der Waals surface area (Å²) in [7, 11) is 1.67. The number of hydrogen-bond acceptors (Lipinski definition) is 4. The summed E-state index contributed by atoms with van der Waals surface area (Å²) >= 11 is 0. The van der Waals surface area contributed by atoms with Crippen molar-refractivity contribution in [2.75, 3.05) is 13.7 Å². The molecule has 1 fully saturated rings. The third kappa shape index (κ3) is 3.88. The second-order valence-electron chi connectivity index (χ2n) is 7.37. The number of oxime groups is 1. The molecule has 1 saturated heterocycles. The van der Waals surface area contributed by atoms with Gasteiger partial charge in [-0.2, -0.15) is 0 Å². The van der Waals surface area contributed by atoms with E-state index in [-0.39, 0.29) is 11.9 Å². The molecule has 2 aliphatic rings. The molecule has 5 nitrogen and oxygen atoms in total. The van der Waals surface area contributed by atoms with Gasteiger partial charge in [0.1, 0.15) is 5.75 Å². The molecule has 0 bridgehead atoms. The van der Waals surface area contributed by atoms with Crippen LogP contribution in [0.3, 0.4) is 0 Å². The first-order chi connectivity index (χ1) is 13.8. The molecule has 2 heterocycles. The highest BCUT2D eigenvalue weighted by atomic mass is 16.6. The first-order valence-electron chi connectivity index (χ1n) is 9.95. The maximum atomic E-state index is 13.1. The van der Waals surface area contributed by atoms with Crippen LogP contribution in [0.1, 0.15) is 42.9 Å². The van der Waals surface area contributed by atoms with Crippen molar-refractivity contribution in [1.29, 1.82) is 0 Å². The molecule has 2 aliphatic heterocycles. The number of nitrogens with zero attached hydrogens (tertiary/aromatic N) is 2. The molecule has 0 saturated carbocycles. The fraction of sp³-hybridized carbons (Fsp3) is 0.391. The van der Waals surface area contributed by atoms with E-state index in [1.54, 1.807) is 7.11 Å². The SMILES string of the molecule is COc1ccccc1C1CCCN1C(=O)C1CC(CCc2ccccc2)=NO1. The molecule has 28 heavy (non-hydrogen) atoms. The predicted octanol–water partition coefficient (Wildman–Crippen LogP) is 4.14. The number of carbonyl (C=O) groups excluding carboxylic acids is 1. The number of ether oxygens (including phenoxy) is 1. The third-order valence-electron chi connectivity index (χ3n) is 5.58. The number of para-hydroxylation sites is 1. The lowest BCUT2D eigenvalue weighted by Gasteiger charge is -2.27. The standard InChI is InChI=1S/C23H26N2O3/c1-27-21-12-6-5-10-19(21)20-11-7-15-25(20)23(26)22-16-18(24-28-22)14-13-17-8-3-2-4-9-17/h2-6,8-10,12,20,22H,7,11,13-16H2,1H3. The van der Waals surface area contributed by atoms with E-state index >= 15 is 0 Å². The highest BCUT2D eigenvalue weighted by Crippen LogP contribution is 2.37. The van der Waals surface area contributed by atoms with Crippen molar-refractivity contribution in [2.24, 2.45) is 5.16 Å². The summed E-state index contributed by atoms with van der Waals surface area (Å²) in [6, 6.07) is 18.3. The Morgan fingerprint density at radius 3 is 2.75 bits per heavy atom. The van der Waals surface area contributed by atoms with Gasteiger partial charge in [0.05, 0.1) is 18.9 Å². The Morgan fingerprint density at radius 2 is 1.93 bits per heavy atom. The lowest BCUT2D eigenvalue weighted by molar-refractivity contribution is -0.143. The van der Waals surface area contributed by atoms with Gasteiger partial charge >= 0.3 is 0 Å². The fourth-order valence-electron chi connectivity index (χ4n) is 4.12. The molecular formula is C23H26N2O3. The van der Waals surface area contributed by atoms with E-state index < -0.39 is 6.10 Å². The summed E-state index contributed by atoms with van der Waals surface area (Å²) in [5, 5.41) is 4.20. The molecule has 0 radical (unpaired) electrons. The molecule has 4 rings (SSSR count). The summed E-state index contributed by atoms with van der Waals surface area (Å²) < 4.78 is 5.51. The van der Waals surface area contributed by atoms with Crippen molar-refractivity contribution in [3.05, 3.63) is 65.7 Å². The van der Waals surface area contributed by atoms with Crippen LogP contribution in [0.4, 0.5) is 0 Å². The van der Waals surface area contributed by atoms with E-state index in [1.807, 2.05) is 47.4 Å². The molecule has 2 atom stereocenters. The van der Waals surface area contributed by atoms with E-state index in [0.717, 1.165) is 49.3 Å². The van der Waals surface area contributed by atoms with E-state index in [0.29, 0.717) is 6.42 Å². The van der Waals surface area contributed by atoms with Gasteiger partial charge in [0.15, 0.2) is 0 Å². The van der Waals surface area contributed by atoms with E-state index in [2.05, 4.69) is 17.3 Å². The molecule has 0 aliphatic carbocycles. The van der Waals surface area contributed by atoms with Gasteiger partial charge < -0.3 is 14.5 Å². The highest BCUT2D eigenvalue weighted by Gasteiger charge is 2.38. The number of aryl methyl sites for hydroxylation is 1. The van der Waals surface area contributed by atoms with Gasteiger partial charge in [-0.05, 0) is 37.3 Å². The molecule has 2 aromatic rings. The molecule has 0 N–H and O–H groups in total. The molecular weight excluding hydrogens is 352 g/mol. The van der Waals surface area contributed by atoms with Crippen LogP contribution >= 0.6 is 0 Å². The number of carbonyl (C=O) groups is 1. The van der Waals surface area contributed by atoms with Crippen LogP contribution in [-0.4, -0.2) is 36.3 Å². The Labute approximate surface area is 165 Å². The lowest BCUT2D eigenvalue weighted by Crippen LogP contribution is -2.39. The number of rotatable bonds is 6. The zero-order valence-electron chi connectivity index (χ0n) is 16.2. The van der Waals surface area contributed by atoms with Crippen LogP contribution in [0, 0.1) is 0 Å². The Hall–Kier alpha value is -2.82. The van der Waals surface area contributed by atoms with Crippen LogP contribution in [0.25, 0.3) is 0 Å². The monoisotopic (exact) mass is 378 g/mol. The second kappa shape index (κ2) is 8.46. The Balaban J connectivity index is 1.38. The number of methoxy groups -OCH3 is 1. The summed E-state index contributed by atoms with van der Waals surface area (Å²) in [5.74, 6) is 0.867. The van der Waals surface area contributed by atoms with Gasteiger partial charge in [0, 0.05) is 18.5 Å². The minimum absolute atomic E-state index is 0.0341. The van der Waals surface area contributed by atoms with E-state index in [4.69, 9.17) is 9.57 Å². The van der Waals surface area contributed by atoms with Crippen LogP contribution in [0.5, 0.6) is 5.75 Å². The number of amides is 1. The van der Waals surface area contributed by atoms with Crippen molar-refractivity contribution in [2.45, 2.75) is 44.2 Å². The van der Waals surface area contributed by atoms with Crippen LogP contribution < -0.4 is 4.74 Å². The maximum Gasteiger partial charge on any atom is 0.267 e. The zero-order valence-corrected chi connectivity index (χ0v) is 16.2. The van der Waals surface area contributed by atoms with E-state index in [1.165, 1.54) is 5.56 Å². The zero-order chi connectivity index (χ0) is 19.3. The van der Waals surface area contributed by atoms with Crippen molar-refractivity contribution in [1.82, 2.24) is 4.90 Å². The molecule has 5 heteroatoms. The third-order valence-corrected chi connectivity index (χ3v) is 5.58. The largest absolute Gasteiger partial charge is 0.496 e. The summed E-state index contributed by atoms with van der Waals surface area (Å²) in [6.07, 6.45) is 3.76. The molecule has 2 aromatic carbocycles. The first kappa shape index (κ1) is 18.5. The van der Waals surface area contributed by atoms with Gasteiger partial charge in [-0.3, -0.25) is 4.79 Å². The quantitative estimate of drug-likeness (QED) is 0.759. The number of benzene rings is 2. The Kier molecular flexibility index (Phi) is 5.60. The maximum absolute atomic E-state index is 13.1. The van der Waals surface area contributed by atoms with Crippen LogP contribution in [0.2, 0.25) is 0 Å². The van der Waals surface area contributed by atoms with Crippen LogP contribution in [-0.2, 0) is 16.1 Å². The summed E-state index contributed by atoms with van der Waals surface area (Å²) in [5.41, 5.74) is 3.31. The summed E-state index contributed by atoms with van der Waals surface area (Å²) in [4.78, 5) is 20.6. The van der Waals surface area contributed by atoms with Gasteiger partial charge in [0.25, 0.3) is 5.91 Å².